The molecule has 0 unspecified atom stereocenters. The molecule has 2 aromatic carbocycles. The lowest BCUT2D eigenvalue weighted by Crippen LogP contribution is -2.14. The van der Waals surface area contributed by atoms with Crippen molar-refractivity contribution < 1.29 is 8.83 Å². The number of fused-ring (bicyclic) bond motifs is 2. The Morgan fingerprint density at radius 2 is 0.909 bits per heavy atom. The number of hydrogen-bond acceptors (Lipinski definition) is 4. The van der Waals surface area contributed by atoms with E-state index in [1.54, 1.807) is 48.5 Å². The summed E-state index contributed by atoms with van der Waals surface area (Å²) in [5.41, 5.74) is -0.955. The Balaban J connectivity index is 2.78. The highest BCUT2D eigenvalue weighted by Crippen LogP contribution is 2.03. The third-order valence-corrected chi connectivity index (χ3v) is 3.33. The Labute approximate surface area is 124 Å². The second-order valence-electron chi connectivity index (χ2n) is 4.72. The molecule has 0 aliphatic carbocycles. The SMILES string of the molecule is C=c1oc(=O)c2ccccc2c(=C)oc(=O)c2ccccc12. The van der Waals surface area contributed by atoms with Crippen LogP contribution < -0.4 is 22.1 Å². The zero-order valence-corrected chi connectivity index (χ0v) is 11.7. The lowest BCUT2D eigenvalue weighted by atomic mass is 10.2. The summed E-state index contributed by atoms with van der Waals surface area (Å²) in [7, 11) is 0. The van der Waals surface area contributed by atoms with E-state index in [0.29, 0.717) is 10.8 Å². The first-order chi connectivity index (χ1) is 10.6. The van der Waals surface area contributed by atoms with Crippen LogP contribution in [0.2, 0.25) is 0 Å². The van der Waals surface area contributed by atoms with Gasteiger partial charge in [-0.05, 0) is 12.1 Å². The zero-order chi connectivity index (χ0) is 15.7. The molecule has 0 saturated heterocycles. The summed E-state index contributed by atoms with van der Waals surface area (Å²) in [6.07, 6.45) is 0. The average Bonchev–Trinajstić information content (AvgIpc) is 2.53. The van der Waals surface area contributed by atoms with Gasteiger partial charge in [-0.25, -0.2) is 9.59 Å². The first-order valence-electron chi connectivity index (χ1n) is 6.59. The smallest absolute Gasteiger partial charge is 0.344 e. The van der Waals surface area contributed by atoms with Gasteiger partial charge in [0.25, 0.3) is 0 Å². The van der Waals surface area contributed by atoms with Crippen LogP contribution in [-0.4, -0.2) is 0 Å². The number of hydrogen-bond donors (Lipinski definition) is 0. The second-order valence-corrected chi connectivity index (χ2v) is 4.72. The van der Waals surface area contributed by atoms with Crippen molar-refractivity contribution in [3.8, 4) is 0 Å². The van der Waals surface area contributed by atoms with Crippen molar-refractivity contribution in [3.05, 3.63) is 80.2 Å². The Kier molecular flexibility index (Phi) is 3.35. The fourth-order valence-corrected chi connectivity index (χ4v) is 2.25. The summed E-state index contributed by atoms with van der Waals surface area (Å²) in [5, 5.41) is 1.35. The minimum atomic E-state index is -0.575. The van der Waals surface area contributed by atoms with Crippen LogP contribution in [0.15, 0.2) is 67.0 Å². The van der Waals surface area contributed by atoms with E-state index in [1.807, 2.05) is 0 Å². The lowest BCUT2D eigenvalue weighted by molar-refractivity contribution is 0.487. The van der Waals surface area contributed by atoms with Crippen LogP contribution >= 0.6 is 0 Å². The summed E-state index contributed by atoms with van der Waals surface area (Å²) in [6.45, 7) is 7.47. The van der Waals surface area contributed by atoms with E-state index in [2.05, 4.69) is 13.2 Å². The monoisotopic (exact) mass is 292 g/mol. The second kappa shape index (κ2) is 5.33. The van der Waals surface area contributed by atoms with E-state index in [1.165, 1.54) is 0 Å². The van der Waals surface area contributed by atoms with Crippen LogP contribution in [0.1, 0.15) is 0 Å². The van der Waals surface area contributed by atoms with Crippen molar-refractivity contribution in [1.82, 2.24) is 0 Å². The van der Waals surface area contributed by atoms with Crippen molar-refractivity contribution >= 4 is 34.7 Å². The topological polar surface area (TPSA) is 60.4 Å². The molecule has 0 aliphatic rings. The Bertz CT molecular complexity index is 969. The fourth-order valence-electron chi connectivity index (χ4n) is 2.25. The van der Waals surface area contributed by atoms with Gasteiger partial charge in [0.1, 0.15) is 10.8 Å². The van der Waals surface area contributed by atoms with Crippen molar-refractivity contribution in [2.24, 2.45) is 0 Å². The maximum Gasteiger partial charge on any atom is 0.344 e. The third-order valence-electron chi connectivity index (χ3n) is 3.33. The van der Waals surface area contributed by atoms with Crippen LogP contribution in [0.25, 0.3) is 34.7 Å². The summed E-state index contributed by atoms with van der Waals surface area (Å²) in [5.74, 6) is 0. The predicted molar refractivity (Wildman–Crippen MR) is 86.4 cm³/mol. The normalized spacial score (nSPS) is 10.5. The van der Waals surface area contributed by atoms with Gasteiger partial charge in [-0.2, -0.15) is 0 Å². The van der Waals surface area contributed by atoms with E-state index >= 15 is 0 Å². The van der Waals surface area contributed by atoms with E-state index < -0.39 is 11.3 Å². The average molecular weight is 292 g/mol. The molecule has 108 valence electrons. The first kappa shape index (κ1) is 13.8. The molecule has 1 heterocycles. The molecule has 0 fully saturated rings. The predicted octanol–water partition coefficient (Wildman–Crippen LogP) is 1.84. The molecule has 0 N–H and O–H groups in total. The van der Waals surface area contributed by atoms with Gasteiger partial charge >= 0.3 is 11.3 Å². The summed E-state index contributed by atoms with van der Waals surface area (Å²) in [4.78, 5) is 24.6. The Hall–Kier alpha value is -3.14. The van der Waals surface area contributed by atoms with Gasteiger partial charge in [-0.3, -0.25) is 0 Å². The van der Waals surface area contributed by atoms with Gasteiger partial charge < -0.3 is 8.83 Å². The molecule has 4 nitrogen and oxygen atoms in total. The van der Waals surface area contributed by atoms with Crippen molar-refractivity contribution in [1.29, 1.82) is 0 Å². The van der Waals surface area contributed by atoms with Crippen molar-refractivity contribution in [3.63, 3.8) is 0 Å². The van der Waals surface area contributed by atoms with Crippen LogP contribution in [-0.2, 0) is 0 Å². The molecule has 22 heavy (non-hydrogen) atoms. The molecule has 0 spiro atoms. The fraction of sp³-hybridized carbons (Fsp3) is 0. The largest absolute Gasteiger partial charge is 0.423 e. The molecule has 0 saturated carbocycles. The van der Waals surface area contributed by atoms with E-state index in [4.69, 9.17) is 8.83 Å². The molecule has 0 aliphatic heterocycles. The summed E-state index contributed by atoms with van der Waals surface area (Å²) in [6, 6.07) is 13.3. The first-order valence-corrected chi connectivity index (χ1v) is 6.59. The maximum atomic E-state index is 12.3. The highest BCUT2D eigenvalue weighted by Gasteiger charge is 2.01. The summed E-state index contributed by atoms with van der Waals surface area (Å²) < 4.78 is 10.6. The highest BCUT2D eigenvalue weighted by molar-refractivity contribution is 5.81. The molecule has 3 rings (SSSR count). The summed E-state index contributed by atoms with van der Waals surface area (Å²) >= 11 is 0. The molecule has 0 atom stereocenters. The molecular formula is C18H12O4. The van der Waals surface area contributed by atoms with Crippen LogP contribution in [0, 0.1) is 0 Å². The highest BCUT2D eigenvalue weighted by atomic mass is 16.4. The quantitative estimate of drug-likeness (QED) is 0.634. The van der Waals surface area contributed by atoms with Crippen LogP contribution in [0.4, 0.5) is 0 Å². The molecule has 0 amide bonds. The molecule has 0 bridgehead atoms. The molecule has 4 heteroatoms. The van der Waals surface area contributed by atoms with Crippen LogP contribution in [0.3, 0.4) is 0 Å². The van der Waals surface area contributed by atoms with Gasteiger partial charge in [0, 0.05) is 10.8 Å². The number of benzene rings is 2. The van der Waals surface area contributed by atoms with Gasteiger partial charge in [0.2, 0.25) is 0 Å². The lowest BCUT2D eigenvalue weighted by Gasteiger charge is -1.94. The van der Waals surface area contributed by atoms with Gasteiger partial charge in [-0.1, -0.05) is 49.6 Å². The van der Waals surface area contributed by atoms with E-state index in [-0.39, 0.29) is 21.6 Å². The molecule has 3 aromatic rings. The van der Waals surface area contributed by atoms with Gasteiger partial charge in [0.15, 0.2) is 0 Å². The van der Waals surface area contributed by atoms with Gasteiger partial charge in [0.05, 0.1) is 10.8 Å². The Morgan fingerprint density at radius 3 is 1.27 bits per heavy atom. The van der Waals surface area contributed by atoms with Crippen molar-refractivity contribution in [2.45, 2.75) is 0 Å². The molecule has 1 aromatic heterocycles. The van der Waals surface area contributed by atoms with E-state index in [0.717, 1.165) is 0 Å². The Morgan fingerprint density at radius 1 is 0.591 bits per heavy atom. The van der Waals surface area contributed by atoms with Crippen molar-refractivity contribution in [2.75, 3.05) is 0 Å². The zero-order valence-electron chi connectivity index (χ0n) is 11.7. The maximum absolute atomic E-state index is 12.3. The third kappa shape index (κ3) is 2.31. The van der Waals surface area contributed by atoms with Gasteiger partial charge in [-0.15, -0.1) is 0 Å². The molecule has 0 radical (unpaired) electrons. The standard InChI is InChI=1S/C18H12O4/c1-11-13-7-3-5-9-15(13)18(20)22-12(2)14-8-4-6-10-16(14)17(19)21-11/h3-10H,1-2H2. The van der Waals surface area contributed by atoms with E-state index in [9.17, 15) is 9.59 Å². The van der Waals surface area contributed by atoms with Crippen LogP contribution in [0.5, 0.6) is 0 Å². The minimum absolute atomic E-state index is 0.0971. The number of rotatable bonds is 0. The molecular weight excluding hydrogens is 280 g/mol. The minimum Gasteiger partial charge on any atom is -0.423 e.